The van der Waals surface area contributed by atoms with E-state index in [-0.39, 0.29) is 0 Å². The van der Waals surface area contributed by atoms with Crippen molar-refractivity contribution in [3.8, 4) is 0 Å². The lowest BCUT2D eigenvalue weighted by Gasteiger charge is -2.38. The third-order valence-corrected chi connectivity index (χ3v) is 5.59. The summed E-state index contributed by atoms with van der Waals surface area (Å²) in [4.78, 5) is 2.15. The molecule has 1 aliphatic heterocycles. The summed E-state index contributed by atoms with van der Waals surface area (Å²) in [5.41, 5.74) is 8.22. The average molecular weight is 318 g/mol. The minimum Gasteiger partial charge on any atom is -0.378 e. The first-order chi connectivity index (χ1) is 11.5. The van der Waals surface area contributed by atoms with Gasteiger partial charge in [0.25, 0.3) is 0 Å². The minimum atomic E-state index is 0.384. The summed E-state index contributed by atoms with van der Waals surface area (Å²) < 4.78 is 0. The lowest BCUT2D eigenvalue weighted by Crippen LogP contribution is -2.29. The Labute approximate surface area is 145 Å². The molecular weight excluding hydrogens is 292 g/mol. The van der Waals surface area contributed by atoms with Crippen molar-refractivity contribution in [2.45, 2.75) is 32.2 Å². The topological polar surface area (TPSA) is 15.3 Å². The van der Waals surface area contributed by atoms with Crippen molar-refractivity contribution in [3.63, 3.8) is 0 Å². The van der Waals surface area contributed by atoms with Gasteiger partial charge in [-0.2, -0.15) is 0 Å². The fourth-order valence-corrected chi connectivity index (χ4v) is 4.45. The lowest BCUT2D eigenvalue weighted by atomic mass is 9.75. The van der Waals surface area contributed by atoms with Crippen LogP contribution in [0.3, 0.4) is 0 Å². The molecule has 1 N–H and O–H groups in total. The number of allylic oxidation sites excluding steroid dienone is 2. The first-order valence-corrected chi connectivity index (χ1v) is 8.86. The number of hydrogen-bond donors (Lipinski definition) is 1. The molecule has 0 spiro atoms. The standard InChI is InChI=1S/C22H26N2/c1-14-12-15(2)21-18-6-5-7-19(18)22(23-20(21)13-14)16-8-10-17(11-9-16)24(3)4/h5-6,8-13,18-19,22-23H,7H2,1-4H3. The summed E-state index contributed by atoms with van der Waals surface area (Å²) in [7, 11) is 4.18. The summed E-state index contributed by atoms with van der Waals surface area (Å²) in [6, 6.07) is 14.0. The van der Waals surface area contributed by atoms with Crippen molar-refractivity contribution in [1.29, 1.82) is 0 Å². The number of hydrogen-bond acceptors (Lipinski definition) is 2. The molecule has 2 aliphatic rings. The van der Waals surface area contributed by atoms with E-state index in [0.717, 1.165) is 6.42 Å². The van der Waals surface area contributed by atoms with Crippen LogP contribution in [0, 0.1) is 19.8 Å². The minimum absolute atomic E-state index is 0.384. The van der Waals surface area contributed by atoms with Crippen molar-refractivity contribution < 1.29 is 0 Å². The van der Waals surface area contributed by atoms with Crippen molar-refractivity contribution in [2.75, 3.05) is 24.3 Å². The smallest absolute Gasteiger partial charge is 0.0553 e. The number of benzene rings is 2. The molecule has 24 heavy (non-hydrogen) atoms. The molecule has 1 aliphatic carbocycles. The van der Waals surface area contributed by atoms with Gasteiger partial charge in [-0.25, -0.2) is 0 Å². The second kappa shape index (κ2) is 5.70. The van der Waals surface area contributed by atoms with Crippen LogP contribution in [-0.2, 0) is 0 Å². The Morgan fingerprint density at radius 3 is 2.50 bits per heavy atom. The van der Waals surface area contributed by atoms with Gasteiger partial charge in [0, 0.05) is 31.4 Å². The number of rotatable bonds is 2. The second-order valence-electron chi connectivity index (χ2n) is 7.50. The molecule has 2 heteroatoms. The van der Waals surface area contributed by atoms with Crippen LogP contribution in [0.15, 0.2) is 48.6 Å². The summed E-state index contributed by atoms with van der Waals surface area (Å²) >= 11 is 0. The van der Waals surface area contributed by atoms with Crippen LogP contribution in [0.5, 0.6) is 0 Å². The van der Waals surface area contributed by atoms with Gasteiger partial charge in [-0.1, -0.05) is 30.4 Å². The maximum atomic E-state index is 3.86. The molecule has 0 amide bonds. The fraction of sp³-hybridized carbons (Fsp3) is 0.364. The zero-order valence-electron chi connectivity index (χ0n) is 15.0. The number of aryl methyl sites for hydroxylation is 2. The Balaban J connectivity index is 1.75. The van der Waals surface area contributed by atoms with Crippen molar-refractivity contribution in [3.05, 3.63) is 70.8 Å². The van der Waals surface area contributed by atoms with E-state index in [4.69, 9.17) is 0 Å². The normalized spacial score (nSPS) is 24.2. The Morgan fingerprint density at radius 1 is 1.04 bits per heavy atom. The molecule has 4 rings (SSSR count). The quantitative estimate of drug-likeness (QED) is 0.766. The van der Waals surface area contributed by atoms with Gasteiger partial charge in [-0.05, 0) is 66.6 Å². The Hall–Kier alpha value is -2.22. The Morgan fingerprint density at radius 2 is 1.79 bits per heavy atom. The molecule has 3 unspecified atom stereocenters. The maximum absolute atomic E-state index is 3.86. The summed E-state index contributed by atoms with van der Waals surface area (Å²) in [6.45, 7) is 4.44. The molecule has 2 aromatic carbocycles. The molecule has 2 aromatic rings. The van der Waals surface area contributed by atoms with Gasteiger partial charge in [0.2, 0.25) is 0 Å². The van der Waals surface area contributed by atoms with Gasteiger partial charge in [-0.3, -0.25) is 0 Å². The number of fused-ring (bicyclic) bond motifs is 3. The zero-order valence-corrected chi connectivity index (χ0v) is 15.0. The van der Waals surface area contributed by atoms with E-state index in [1.807, 2.05) is 0 Å². The van der Waals surface area contributed by atoms with E-state index in [9.17, 15) is 0 Å². The first kappa shape index (κ1) is 15.3. The van der Waals surface area contributed by atoms with Crippen LogP contribution < -0.4 is 10.2 Å². The third kappa shape index (κ3) is 2.41. The molecule has 1 heterocycles. The van der Waals surface area contributed by atoms with Crippen LogP contribution >= 0.6 is 0 Å². The van der Waals surface area contributed by atoms with Crippen molar-refractivity contribution in [2.24, 2.45) is 5.92 Å². The molecule has 0 bridgehead atoms. The van der Waals surface area contributed by atoms with Crippen LogP contribution in [0.2, 0.25) is 0 Å². The molecule has 124 valence electrons. The molecular formula is C22H26N2. The number of nitrogens with zero attached hydrogens (tertiary/aromatic N) is 1. The zero-order chi connectivity index (χ0) is 16.8. The fourth-order valence-electron chi connectivity index (χ4n) is 4.45. The van der Waals surface area contributed by atoms with Gasteiger partial charge in [0.1, 0.15) is 0 Å². The van der Waals surface area contributed by atoms with Gasteiger partial charge in [0.15, 0.2) is 0 Å². The van der Waals surface area contributed by atoms with Gasteiger partial charge >= 0.3 is 0 Å². The number of nitrogens with one attached hydrogen (secondary N) is 1. The van der Waals surface area contributed by atoms with E-state index >= 15 is 0 Å². The largest absolute Gasteiger partial charge is 0.378 e. The molecule has 0 radical (unpaired) electrons. The second-order valence-corrected chi connectivity index (χ2v) is 7.50. The molecule has 3 atom stereocenters. The van der Waals surface area contributed by atoms with Gasteiger partial charge in [0.05, 0.1) is 6.04 Å². The average Bonchev–Trinajstić information content (AvgIpc) is 3.02. The first-order valence-electron chi connectivity index (χ1n) is 8.86. The van der Waals surface area contributed by atoms with Gasteiger partial charge < -0.3 is 10.2 Å². The molecule has 2 nitrogen and oxygen atoms in total. The lowest BCUT2D eigenvalue weighted by molar-refractivity contribution is 0.424. The molecule has 0 aromatic heterocycles. The molecule has 0 saturated carbocycles. The Bertz CT molecular complexity index is 786. The highest BCUT2D eigenvalue weighted by Gasteiger charge is 2.38. The van der Waals surface area contributed by atoms with E-state index in [0.29, 0.717) is 17.9 Å². The van der Waals surface area contributed by atoms with E-state index in [2.05, 4.69) is 86.7 Å². The highest BCUT2D eigenvalue weighted by atomic mass is 15.1. The molecule has 0 fully saturated rings. The van der Waals surface area contributed by atoms with E-state index in [1.54, 1.807) is 0 Å². The van der Waals surface area contributed by atoms with Crippen LogP contribution in [-0.4, -0.2) is 14.1 Å². The van der Waals surface area contributed by atoms with Gasteiger partial charge in [-0.15, -0.1) is 0 Å². The molecule has 0 saturated heterocycles. The monoisotopic (exact) mass is 318 g/mol. The van der Waals surface area contributed by atoms with Crippen molar-refractivity contribution >= 4 is 11.4 Å². The highest BCUT2D eigenvalue weighted by molar-refractivity contribution is 5.64. The third-order valence-electron chi connectivity index (χ3n) is 5.59. The summed E-state index contributed by atoms with van der Waals surface area (Å²) in [5.74, 6) is 1.16. The number of anilines is 2. The summed E-state index contributed by atoms with van der Waals surface area (Å²) in [5, 5.41) is 3.86. The van der Waals surface area contributed by atoms with E-state index in [1.165, 1.54) is 33.6 Å². The SMILES string of the molecule is Cc1cc(C)c2c(c1)NC(c1ccc(N(C)C)cc1)C1CC=CC21. The summed E-state index contributed by atoms with van der Waals surface area (Å²) in [6.07, 6.45) is 5.95. The highest BCUT2D eigenvalue weighted by Crippen LogP contribution is 2.51. The predicted molar refractivity (Wildman–Crippen MR) is 103 cm³/mol. The Kier molecular flexibility index (Phi) is 3.64. The van der Waals surface area contributed by atoms with Crippen LogP contribution in [0.1, 0.15) is 40.6 Å². The van der Waals surface area contributed by atoms with Crippen LogP contribution in [0.25, 0.3) is 0 Å². The van der Waals surface area contributed by atoms with Crippen molar-refractivity contribution in [1.82, 2.24) is 0 Å². The van der Waals surface area contributed by atoms with Crippen LogP contribution in [0.4, 0.5) is 11.4 Å². The van der Waals surface area contributed by atoms with E-state index < -0.39 is 0 Å². The maximum Gasteiger partial charge on any atom is 0.0553 e. The predicted octanol–water partition coefficient (Wildman–Crippen LogP) is 5.20.